The van der Waals surface area contributed by atoms with E-state index in [1.165, 1.54) is 23.8 Å². The average Bonchev–Trinajstić information content (AvgIpc) is 2.31. The quantitative estimate of drug-likeness (QED) is 0.797. The van der Waals surface area contributed by atoms with E-state index in [0.717, 1.165) is 6.54 Å². The summed E-state index contributed by atoms with van der Waals surface area (Å²) in [7, 11) is 1.43. The van der Waals surface area contributed by atoms with Crippen molar-refractivity contribution in [2.24, 2.45) is 0 Å². The summed E-state index contributed by atoms with van der Waals surface area (Å²) >= 11 is 0. The van der Waals surface area contributed by atoms with E-state index < -0.39 is 0 Å². The Labute approximate surface area is 103 Å². The van der Waals surface area contributed by atoms with Crippen LogP contribution in [0.5, 0.6) is 0 Å². The number of nitrogens with one attached hydrogen (secondary N) is 1. The molecule has 1 aromatic carbocycles. The first-order chi connectivity index (χ1) is 8.08. The van der Waals surface area contributed by atoms with Crippen LogP contribution < -0.4 is 5.32 Å². The lowest BCUT2D eigenvalue weighted by molar-refractivity contribution is -0.141. The van der Waals surface area contributed by atoms with E-state index in [9.17, 15) is 4.79 Å². The first-order valence-electron chi connectivity index (χ1n) is 5.95. The third-order valence-corrected chi connectivity index (χ3v) is 2.86. The van der Waals surface area contributed by atoms with Crippen LogP contribution in [-0.4, -0.2) is 19.6 Å². The fraction of sp³-hybridized carbons (Fsp3) is 0.500. The van der Waals surface area contributed by atoms with Crippen molar-refractivity contribution in [3.05, 3.63) is 34.9 Å². The zero-order valence-corrected chi connectivity index (χ0v) is 11.0. The Bertz CT molecular complexity index is 388. The van der Waals surface area contributed by atoms with E-state index >= 15 is 0 Å². The molecule has 0 amide bonds. The Kier molecular flexibility index (Phi) is 5.16. The second-order valence-electron chi connectivity index (χ2n) is 4.25. The Morgan fingerprint density at radius 1 is 1.41 bits per heavy atom. The minimum Gasteiger partial charge on any atom is -0.469 e. The van der Waals surface area contributed by atoms with Gasteiger partial charge in [-0.3, -0.25) is 4.79 Å². The largest absolute Gasteiger partial charge is 0.469 e. The molecule has 0 aliphatic carbocycles. The summed E-state index contributed by atoms with van der Waals surface area (Å²) in [6.07, 6.45) is 0.370. The summed E-state index contributed by atoms with van der Waals surface area (Å²) in [5, 5.41) is 3.33. The number of rotatable bonds is 5. The lowest BCUT2D eigenvalue weighted by Gasteiger charge is -2.19. The highest BCUT2D eigenvalue weighted by molar-refractivity contribution is 5.70. The van der Waals surface area contributed by atoms with Gasteiger partial charge in [0.1, 0.15) is 0 Å². The number of methoxy groups -OCH3 is 1. The fourth-order valence-corrected chi connectivity index (χ4v) is 1.92. The van der Waals surface area contributed by atoms with Crippen LogP contribution in [0.2, 0.25) is 0 Å². The van der Waals surface area contributed by atoms with Gasteiger partial charge in [0.15, 0.2) is 0 Å². The van der Waals surface area contributed by atoms with Crippen molar-refractivity contribution in [1.29, 1.82) is 0 Å². The predicted molar refractivity (Wildman–Crippen MR) is 69.0 cm³/mol. The number of carbonyl (C=O) groups is 1. The van der Waals surface area contributed by atoms with Gasteiger partial charge >= 0.3 is 5.97 Å². The molecule has 1 rings (SSSR count). The summed E-state index contributed by atoms with van der Waals surface area (Å²) in [5.74, 6) is -0.183. The van der Waals surface area contributed by atoms with Gasteiger partial charge in [-0.1, -0.05) is 30.7 Å². The molecule has 1 N–H and O–H groups in total. The van der Waals surface area contributed by atoms with Crippen molar-refractivity contribution >= 4 is 5.97 Å². The van der Waals surface area contributed by atoms with Crippen LogP contribution in [0.4, 0.5) is 0 Å². The van der Waals surface area contributed by atoms with Crippen LogP contribution in [0.15, 0.2) is 18.2 Å². The summed E-state index contributed by atoms with van der Waals surface area (Å²) in [5.41, 5.74) is 3.58. The molecule has 0 saturated carbocycles. The van der Waals surface area contributed by atoms with E-state index in [2.05, 4.69) is 37.4 Å². The zero-order chi connectivity index (χ0) is 12.8. The molecular weight excluding hydrogens is 214 g/mol. The molecule has 0 spiro atoms. The normalized spacial score (nSPS) is 12.2. The number of esters is 1. The topological polar surface area (TPSA) is 38.3 Å². The van der Waals surface area contributed by atoms with E-state index in [-0.39, 0.29) is 12.0 Å². The maximum absolute atomic E-state index is 11.4. The van der Waals surface area contributed by atoms with E-state index in [4.69, 9.17) is 4.74 Å². The van der Waals surface area contributed by atoms with Crippen LogP contribution in [0.1, 0.15) is 36.1 Å². The molecule has 1 aromatic rings. The number of carbonyl (C=O) groups excluding carboxylic acids is 1. The molecule has 17 heavy (non-hydrogen) atoms. The van der Waals surface area contributed by atoms with E-state index in [1.807, 2.05) is 6.92 Å². The molecule has 0 saturated heterocycles. The third kappa shape index (κ3) is 3.86. The van der Waals surface area contributed by atoms with Crippen LogP contribution in [0.25, 0.3) is 0 Å². The maximum atomic E-state index is 11.4. The standard InChI is InChI=1S/C14H21NO2/c1-5-15-13(9-14(16)17-4)12-8-10(2)6-7-11(12)3/h6-8,13,15H,5,9H2,1-4H3. The first kappa shape index (κ1) is 13.7. The van der Waals surface area contributed by atoms with Gasteiger partial charge in [-0.2, -0.15) is 0 Å². The Balaban J connectivity index is 2.95. The van der Waals surface area contributed by atoms with Gasteiger partial charge < -0.3 is 10.1 Å². The van der Waals surface area contributed by atoms with Crippen molar-refractivity contribution in [3.8, 4) is 0 Å². The molecule has 94 valence electrons. The Morgan fingerprint density at radius 3 is 2.71 bits per heavy atom. The van der Waals surface area contributed by atoms with Gasteiger partial charge in [0.2, 0.25) is 0 Å². The molecule has 0 aliphatic rings. The maximum Gasteiger partial charge on any atom is 0.307 e. The van der Waals surface area contributed by atoms with E-state index in [1.54, 1.807) is 0 Å². The fourth-order valence-electron chi connectivity index (χ4n) is 1.92. The van der Waals surface area contributed by atoms with Gasteiger partial charge in [0.05, 0.1) is 13.5 Å². The number of ether oxygens (including phenoxy) is 1. The SMILES string of the molecule is CCNC(CC(=O)OC)c1cc(C)ccc1C. The second kappa shape index (κ2) is 6.40. The van der Waals surface area contributed by atoms with Gasteiger partial charge in [0, 0.05) is 6.04 Å². The summed E-state index contributed by atoms with van der Waals surface area (Å²) in [4.78, 5) is 11.4. The van der Waals surface area contributed by atoms with Crippen molar-refractivity contribution in [2.75, 3.05) is 13.7 Å². The van der Waals surface area contributed by atoms with Gasteiger partial charge in [0.25, 0.3) is 0 Å². The monoisotopic (exact) mass is 235 g/mol. The van der Waals surface area contributed by atoms with Crippen LogP contribution in [0.3, 0.4) is 0 Å². The van der Waals surface area contributed by atoms with Crippen molar-refractivity contribution in [2.45, 2.75) is 33.2 Å². The molecule has 3 nitrogen and oxygen atoms in total. The van der Waals surface area contributed by atoms with Crippen LogP contribution in [-0.2, 0) is 9.53 Å². The average molecular weight is 235 g/mol. The molecule has 1 atom stereocenters. The first-order valence-corrected chi connectivity index (χ1v) is 5.95. The Morgan fingerprint density at radius 2 is 2.12 bits per heavy atom. The smallest absolute Gasteiger partial charge is 0.307 e. The molecule has 0 radical (unpaired) electrons. The van der Waals surface area contributed by atoms with E-state index in [0.29, 0.717) is 6.42 Å². The van der Waals surface area contributed by atoms with Gasteiger partial charge in [-0.25, -0.2) is 0 Å². The molecule has 0 aliphatic heterocycles. The molecular formula is C14H21NO2. The van der Waals surface area contributed by atoms with Gasteiger partial charge in [-0.15, -0.1) is 0 Å². The van der Waals surface area contributed by atoms with Crippen molar-refractivity contribution < 1.29 is 9.53 Å². The minimum atomic E-state index is -0.183. The predicted octanol–water partition coefficient (Wildman–Crippen LogP) is 2.52. The number of benzene rings is 1. The second-order valence-corrected chi connectivity index (χ2v) is 4.25. The lowest BCUT2D eigenvalue weighted by Crippen LogP contribution is -2.25. The third-order valence-electron chi connectivity index (χ3n) is 2.86. The summed E-state index contributed by atoms with van der Waals surface area (Å²) < 4.78 is 4.74. The lowest BCUT2D eigenvalue weighted by atomic mass is 9.97. The number of aryl methyl sites for hydroxylation is 2. The zero-order valence-electron chi connectivity index (χ0n) is 11.0. The van der Waals surface area contributed by atoms with Crippen molar-refractivity contribution in [3.63, 3.8) is 0 Å². The van der Waals surface area contributed by atoms with Crippen LogP contribution >= 0.6 is 0 Å². The highest BCUT2D eigenvalue weighted by Gasteiger charge is 2.17. The highest BCUT2D eigenvalue weighted by atomic mass is 16.5. The minimum absolute atomic E-state index is 0.0346. The van der Waals surface area contributed by atoms with Crippen molar-refractivity contribution in [1.82, 2.24) is 5.32 Å². The molecule has 1 unspecified atom stereocenters. The summed E-state index contributed by atoms with van der Waals surface area (Å²) in [6, 6.07) is 6.34. The molecule has 0 fully saturated rings. The molecule has 0 heterocycles. The Hall–Kier alpha value is -1.35. The molecule has 0 bridgehead atoms. The van der Waals surface area contributed by atoms with Gasteiger partial charge in [-0.05, 0) is 31.5 Å². The molecule has 0 aromatic heterocycles. The van der Waals surface area contributed by atoms with Crippen LogP contribution in [0, 0.1) is 13.8 Å². The molecule has 3 heteroatoms. The number of hydrogen-bond donors (Lipinski definition) is 1. The highest BCUT2D eigenvalue weighted by Crippen LogP contribution is 2.22. The number of hydrogen-bond acceptors (Lipinski definition) is 3. The summed E-state index contributed by atoms with van der Waals surface area (Å²) in [6.45, 7) is 6.99.